The lowest BCUT2D eigenvalue weighted by atomic mass is 10.1. The topological polar surface area (TPSA) is 86.8 Å². The Balaban J connectivity index is 2.13. The highest BCUT2D eigenvalue weighted by atomic mass is 35.5. The van der Waals surface area contributed by atoms with Gasteiger partial charge in [0.2, 0.25) is 21.8 Å². The lowest BCUT2D eigenvalue weighted by Gasteiger charge is -2.30. The molecule has 0 saturated carbocycles. The van der Waals surface area contributed by atoms with E-state index in [1.807, 2.05) is 51.1 Å². The Hall–Kier alpha value is -2.58. The first-order valence-corrected chi connectivity index (χ1v) is 14.5. The van der Waals surface area contributed by atoms with Gasteiger partial charge < -0.3 is 10.2 Å². The predicted octanol–water partition coefficient (Wildman–Crippen LogP) is 4.43. The van der Waals surface area contributed by atoms with Crippen LogP contribution in [-0.2, 0) is 26.0 Å². The quantitative estimate of drug-likeness (QED) is 0.411. The van der Waals surface area contributed by atoms with E-state index in [0.717, 1.165) is 17.4 Å². The number of hydrogen-bond donors (Lipinski definition) is 1. The van der Waals surface area contributed by atoms with E-state index in [1.165, 1.54) is 4.31 Å². The number of halogens is 1. The van der Waals surface area contributed by atoms with Gasteiger partial charge in [-0.15, -0.1) is 0 Å². The summed E-state index contributed by atoms with van der Waals surface area (Å²) in [6.07, 6.45) is 2.18. The van der Waals surface area contributed by atoms with Gasteiger partial charge in [-0.05, 0) is 55.9 Å². The molecule has 9 heteroatoms. The molecule has 0 bridgehead atoms. The van der Waals surface area contributed by atoms with Gasteiger partial charge in [-0.2, -0.15) is 0 Å². The molecule has 0 spiro atoms. The minimum Gasteiger partial charge on any atom is -0.354 e. The molecule has 0 aliphatic carbocycles. The van der Waals surface area contributed by atoms with Crippen LogP contribution in [0.2, 0.25) is 5.02 Å². The van der Waals surface area contributed by atoms with Crippen LogP contribution < -0.4 is 9.62 Å². The van der Waals surface area contributed by atoms with Crippen molar-refractivity contribution in [3.05, 3.63) is 64.7 Å². The summed E-state index contributed by atoms with van der Waals surface area (Å²) in [6, 6.07) is 14.3. The van der Waals surface area contributed by atoms with Crippen LogP contribution >= 0.6 is 11.6 Å². The maximum absolute atomic E-state index is 13.3. The molecular weight excluding hydrogens is 498 g/mol. The normalized spacial score (nSPS) is 12.3. The van der Waals surface area contributed by atoms with Crippen molar-refractivity contribution in [1.29, 1.82) is 0 Å². The Morgan fingerprint density at radius 2 is 1.69 bits per heavy atom. The first-order chi connectivity index (χ1) is 16.9. The average molecular weight is 536 g/mol. The minimum atomic E-state index is -3.58. The Bertz CT molecular complexity index is 1120. The minimum absolute atomic E-state index is 0.113. The maximum atomic E-state index is 13.3. The molecule has 2 aromatic rings. The monoisotopic (exact) mass is 535 g/mol. The summed E-state index contributed by atoms with van der Waals surface area (Å²) in [5.41, 5.74) is 2.35. The maximum Gasteiger partial charge on any atom is 0.242 e. The first-order valence-electron chi connectivity index (χ1n) is 12.2. The van der Waals surface area contributed by atoms with Gasteiger partial charge >= 0.3 is 0 Å². The standard InChI is InChI=1S/C27H38ClN3O4S/c1-20(2)19-29-27(33)22(4)30(17-15-23-10-7-6-8-11-23)26(32)12-9-16-31(36(5,34)35)25-18-24(28)14-13-21(25)3/h6-8,10-11,13-14,18,20,22H,9,12,15-17,19H2,1-5H3,(H,29,33)/t22-/m0/s1. The average Bonchev–Trinajstić information content (AvgIpc) is 2.81. The second-order valence-electron chi connectivity index (χ2n) is 9.51. The summed E-state index contributed by atoms with van der Waals surface area (Å²) in [7, 11) is -3.58. The number of carbonyl (C=O) groups excluding carboxylic acids is 2. The number of nitrogens with zero attached hydrogens (tertiary/aromatic N) is 2. The number of rotatable bonds is 13. The highest BCUT2D eigenvalue weighted by Crippen LogP contribution is 2.26. The van der Waals surface area contributed by atoms with Crippen LogP contribution in [0, 0.1) is 12.8 Å². The van der Waals surface area contributed by atoms with E-state index in [2.05, 4.69) is 5.32 Å². The lowest BCUT2D eigenvalue weighted by molar-refractivity contribution is -0.140. The highest BCUT2D eigenvalue weighted by molar-refractivity contribution is 7.92. The molecule has 0 saturated heterocycles. The van der Waals surface area contributed by atoms with Gasteiger partial charge in [-0.1, -0.05) is 61.8 Å². The van der Waals surface area contributed by atoms with Crippen molar-refractivity contribution in [3.8, 4) is 0 Å². The van der Waals surface area contributed by atoms with E-state index in [0.29, 0.717) is 42.6 Å². The number of nitrogens with one attached hydrogen (secondary N) is 1. The Morgan fingerprint density at radius 3 is 2.31 bits per heavy atom. The van der Waals surface area contributed by atoms with Crippen molar-refractivity contribution < 1.29 is 18.0 Å². The molecule has 2 aromatic carbocycles. The Kier molecular flexibility index (Phi) is 11.2. The van der Waals surface area contributed by atoms with E-state index in [-0.39, 0.29) is 24.8 Å². The Morgan fingerprint density at radius 1 is 1.03 bits per heavy atom. The van der Waals surface area contributed by atoms with E-state index >= 15 is 0 Å². The second kappa shape index (κ2) is 13.7. The summed E-state index contributed by atoms with van der Waals surface area (Å²) >= 11 is 6.11. The van der Waals surface area contributed by atoms with Crippen molar-refractivity contribution >= 4 is 39.1 Å². The third-order valence-electron chi connectivity index (χ3n) is 5.93. The SMILES string of the molecule is Cc1ccc(Cl)cc1N(CCCC(=O)N(CCc1ccccc1)[C@@H](C)C(=O)NCC(C)C)S(C)(=O)=O. The van der Waals surface area contributed by atoms with Crippen LogP contribution in [0.5, 0.6) is 0 Å². The molecule has 0 heterocycles. The predicted molar refractivity (Wildman–Crippen MR) is 147 cm³/mol. The summed E-state index contributed by atoms with van der Waals surface area (Å²) in [4.78, 5) is 27.7. The molecule has 36 heavy (non-hydrogen) atoms. The molecular formula is C27H38ClN3O4S. The van der Waals surface area contributed by atoms with Crippen LogP contribution in [0.4, 0.5) is 5.69 Å². The van der Waals surface area contributed by atoms with Crippen molar-refractivity contribution in [3.63, 3.8) is 0 Å². The smallest absolute Gasteiger partial charge is 0.242 e. The van der Waals surface area contributed by atoms with Crippen molar-refractivity contribution in [1.82, 2.24) is 10.2 Å². The zero-order valence-electron chi connectivity index (χ0n) is 21.8. The summed E-state index contributed by atoms with van der Waals surface area (Å²) < 4.78 is 26.3. The molecule has 0 aliphatic rings. The van der Waals surface area contributed by atoms with E-state index in [9.17, 15) is 18.0 Å². The van der Waals surface area contributed by atoms with Gasteiger partial charge in [-0.25, -0.2) is 8.42 Å². The number of sulfonamides is 1. The molecule has 0 aliphatic heterocycles. The van der Waals surface area contributed by atoms with Gasteiger partial charge in [0.1, 0.15) is 6.04 Å². The van der Waals surface area contributed by atoms with Gasteiger partial charge in [-0.3, -0.25) is 13.9 Å². The molecule has 0 unspecified atom stereocenters. The van der Waals surface area contributed by atoms with Crippen molar-refractivity contribution in [2.75, 3.05) is 30.2 Å². The van der Waals surface area contributed by atoms with Gasteiger partial charge in [0.25, 0.3) is 0 Å². The molecule has 2 rings (SSSR count). The van der Waals surface area contributed by atoms with Crippen LogP contribution in [-0.4, -0.2) is 57.1 Å². The van der Waals surface area contributed by atoms with Crippen molar-refractivity contribution in [2.45, 2.75) is 53.0 Å². The number of benzene rings is 2. The zero-order valence-corrected chi connectivity index (χ0v) is 23.4. The number of hydrogen-bond acceptors (Lipinski definition) is 4. The molecule has 1 atom stereocenters. The van der Waals surface area contributed by atoms with Crippen molar-refractivity contribution in [2.24, 2.45) is 5.92 Å². The number of aryl methyl sites for hydroxylation is 1. The first kappa shape index (κ1) is 29.6. The number of amides is 2. The molecule has 1 N–H and O–H groups in total. The van der Waals surface area contributed by atoms with E-state index < -0.39 is 16.1 Å². The largest absolute Gasteiger partial charge is 0.354 e. The third kappa shape index (κ3) is 9.13. The molecule has 198 valence electrons. The van der Waals surface area contributed by atoms with Crippen LogP contribution in [0.25, 0.3) is 0 Å². The highest BCUT2D eigenvalue weighted by Gasteiger charge is 2.26. The fraction of sp³-hybridized carbons (Fsp3) is 0.481. The van der Waals surface area contributed by atoms with Crippen LogP contribution in [0.3, 0.4) is 0 Å². The summed E-state index contributed by atoms with van der Waals surface area (Å²) in [5, 5.41) is 3.35. The fourth-order valence-corrected chi connectivity index (χ4v) is 5.04. The summed E-state index contributed by atoms with van der Waals surface area (Å²) in [6.45, 7) is 8.63. The van der Waals surface area contributed by atoms with Gasteiger partial charge in [0.05, 0.1) is 11.9 Å². The molecule has 0 aromatic heterocycles. The lowest BCUT2D eigenvalue weighted by Crippen LogP contribution is -2.49. The number of carbonyl (C=O) groups is 2. The molecule has 7 nitrogen and oxygen atoms in total. The molecule has 2 amide bonds. The fourth-order valence-electron chi connectivity index (χ4n) is 3.86. The zero-order chi connectivity index (χ0) is 26.9. The van der Waals surface area contributed by atoms with E-state index in [4.69, 9.17) is 11.6 Å². The van der Waals surface area contributed by atoms with Gasteiger partial charge in [0, 0.05) is 31.1 Å². The Labute approximate surface area is 220 Å². The van der Waals surface area contributed by atoms with Crippen LogP contribution in [0.15, 0.2) is 48.5 Å². The van der Waals surface area contributed by atoms with E-state index in [1.54, 1.807) is 30.0 Å². The second-order valence-corrected chi connectivity index (χ2v) is 11.9. The van der Waals surface area contributed by atoms with Crippen LogP contribution in [0.1, 0.15) is 44.7 Å². The molecule has 0 radical (unpaired) electrons. The molecule has 0 fully saturated rings. The van der Waals surface area contributed by atoms with Gasteiger partial charge in [0.15, 0.2) is 0 Å². The number of anilines is 1. The third-order valence-corrected chi connectivity index (χ3v) is 7.34. The summed E-state index contributed by atoms with van der Waals surface area (Å²) in [5.74, 6) is -0.0848.